The van der Waals surface area contributed by atoms with Crippen LogP contribution in [0.4, 0.5) is 19.1 Å². The molecule has 2 aromatic rings. The van der Waals surface area contributed by atoms with Crippen LogP contribution in [-0.4, -0.2) is 10.3 Å². The number of aromatic nitrogens is 1. The van der Waals surface area contributed by atoms with E-state index in [1.54, 1.807) is 0 Å². The van der Waals surface area contributed by atoms with Gasteiger partial charge in [-0.05, 0) is 28.1 Å². The van der Waals surface area contributed by atoms with Gasteiger partial charge in [-0.1, -0.05) is 5.16 Å². The number of halogens is 4. The second-order valence-electron chi connectivity index (χ2n) is 3.47. The van der Waals surface area contributed by atoms with Crippen LogP contribution in [0.1, 0.15) is 5.56 Å². The molecule has 0 amide bonds. The molecule has 1 aromatic carbocycles. The van der Waals surface area contributed by atoms with E-state index < -0.39 is 11.7 Å². The van der Waals surface area contributed by atoms with Gasteiger partial charge in [-0.2, -0.15) is 13.2 Å². The van der Waals surface area contributed by atoms with E-state index in [-0.39, 0.29) is 27.4 Å². The molecule has 0 saturated carbocycles. The first-order chi connectivity index (χ1) is 8.29. The molecule has 4 nitrogen and oxygen atoms in total. The summed E-state index contributed by atoms with van der Waals surface area (Å²) in [5.41, 5.74) is 4.28. The lowest BCUT2D eigenvalue weighted by molar-refractivity contribution is -0.137. The van der Waals surface area contributed by atoms with E-state index >= 15 is 0 Å². The van der Waals surface area contributed by atoms with Crippen LogP contribution < -0.4 is 5.73 Å². The molecular weight excluding hydrogens is 317 g/mol. The Morgan fingerprint density at radius 2 is 1.94 bits per heavy atom. The van der Waals surface area contributed by atoms with Crippen molar-refractivity contribution in [1.29, 1.82) is 0 Å². The largest absolute Gasteiger partial charge is 0.506 e. The third kappa shape index (κ3) is 2.28. The molecule has 18 heavy (non-hydrogen) atoms. The first kappa shape index (κ1) is 12.7. The number of phenols is 1. The molecule has 0 unspecified atom stereocenters. The fourth-order valence-corrected chi connectivity index (χ4v) is 1.83. The minimum Gasteiger partial charge on any atom is -0.506 e. The predicted octanol–water partition coefficient (Wildman–Crippen LogP) is 3.41. The van der Waals surface area contributed by atoms with Gasteiger partial charge in [0.05, 0.1) is 10.0 Å². The molecular formula is C10H6BrF3N2O2. The number of alkyl halides is 3. The average molecular weight is 323 g/mol. The fourth-order valence-electron chi connectivity index (χ4n) is 1.37. The van der Waals surface area contributed by atoms with Crippen LogP contribution in [0, 0.1) is 0 Å². The van der Waals surface area contributed by atoms with Crippen LogP contribution in [0.2, 0.25) is 0 Å². The third-order valence-electron chi connectivity index (χ3n) is 2.20. The van der Waals surface area contributed by atoms with Crippen molar-refractivity contribution in [3.63, 3.8) is 0 Å². The quantitative estimate of drug-likeness (QED) is 0.843. The maximum Gasteiger partial charge on any atom is 0.416 e. The van der Waals surface area contributed by atoms with E-state index in [0.29, 0.717) is 0 Å². The lowest BCUT2D eigenvalue weighted by Gasteiger charge is -2.10. The Balaban J connectivity index is 2.63. The summed E-state index contributed by atoms with van der Waals surface area (Å²) in [6.45, 7) is 0. The lowest BCUT2D eigenvalue weighted by atomic mass is 10.1. The van der Waals surface area contributed by atoms with Crippen LogP contribution in [0.25, 0.3) is 11.3 Å². The predicted molar refractivity (Wildman–Crippen MR) is 60.7 cm³/mol. The van der Waals surface area contributed by atoms with Gasteiger partial charge in [-0.15, -0.1) is 0 Å². The topological polar surface area (TPSA) is 72.3 Å². The van der Waals surface area contributed by atoms with Crippen molar-refractivity contribution in [2.24, 2.45) is 0 Å². The standard InChI is InChI=1S/C10H6BrF3N2O2/c11-6-2-4(10(12,13)14)1-5(9(6)17)7-3-8(15)18-16-7/h1-3,17H,15H2. The zero-order valence-corrected chi connectivity index (χ0v) is 10.2. The monoisotopic (exact) mass is 322 g/mol. The van der Waals surface area contributed by atoms with Gasteiger partial charge in [-0.3, -0.25) is 0 Å². The molecule has 3 N–H and O–H groups in total. The van der Waals surface area contributed by atoms with Gasteiger partial charge in [0, 0.05) is 11.6 Å². The molecule has 8 heteroatoms. The van der Waals surface area contributed by atoms with E-state index in [2.05, 4.69) is 25.6 Å². The van der Waals surface area contributed by atoms with Crippen LogP contribution in [0.15, 0.2) is 27.2 Å². The average Bonchev–Trinajstić information content (AvgIpc) is 2.67. The molecule has 0 fully saturated rings. The van der Waals surface area contributed by atoms with E-state index in [1.165, 1.54) is 6.07 Å². The summed E-state index contributed by atoms with van der Waals surface area (Å²) in [5, 5.41) is 13.2. The second kappa shape index (κ2) is 4.20. The Hall–Kier alpha value is -1.70. The Kier molecular flexibility index (Phi) is 2.97. The number of phenolic OH excluding ortho intramolecular Hbond substituents is 1. The Bertz CT molecular complexity index is 595. The Morgan fingerprint density at radius 1 is 1.28 bits per heavy atom. The summed E-state index contributed by atoms with van der Waals surface area (Å²) in [6.07, 6.45) is -4.53. The zero-order chi connectivity index (χ0) is 13.5. The van der Waals surface area contributed by atoms with Crippen LogP contribution in [-0.2, 0) is 6.18 Å². The van der Waals surface area contributed by atoms with Crippen molar-refractivity contribution in [2.75, 3.05) is 5.73 Å². The zero-order valence-electron chi connectivity index (χ0n) is 8.62. The minimum absolute atomic E-state index is 0.0248. The number of anilines is 1. The third-order valence-corrected chi connectivity index (χ3v) is 2.80. The molecule has 1 aromatic heterocycles. The molecule has 2 rings (SSSR count). The normalized spacial score (nSPS) is 11.8. The number of aromatic hydroxyl groups is 1. The lowest BCUT2D eigenvalue weighted by Crippen LogP contribution is -2.05. The van der Waals surface area contributed by atoms with Crippen molar-refractivity contribution >= 4 is 21.8 Å². The fraction of sp³-hybridized carbons (Fsp3) is 0.100. The highest BCUT2D eigenvalue weighted by molar-refractivity contribution is 9.10. The molecule has 0 spiro atoms. The number of hydrogen-bond acceptors (Lipinski definition) is 4. The van der Waals surface area contributed by atoms with Crippen molar-refractivity contribution in [1.82, 2.24) is 5.16 Å². The molecule has 96 valence electrons. The van der Waals surface area contributed by atoms with Crippen LogP contribution in [0.3, 0.4) is 0 Å². The summed E-state index contributed by atoms with van der Waals surface area (Å²) < 4.78 is 42.4. The smallest absolute Gasteiger partial charge is 0.416 e. The minimum atomic E-state index is -4.53. The highest BCUT2D eigenvalue weighted by Gasteiger charge is 2.32. The van der Waals surface area contributed by atoms with Gasteiger partial charge in [0.25, 0.3) is 0 Å². The first-order valence-electron chi connectivity index (χ1n) is 4.61. The van der Waals surface area contributed by atoms with E-state index in [0.717, 1.165) is 12.1 Å². The van der Waals surface area contributed by atoms with Gasteiger partial charge in [0.1, 0.15) is 11.4 Å². The second-order valence-corrected chi connectivity index (χ2v) is 4.32. The van der Waals surface area contributed by atoms with Gasteiger partial charge in [0.15, 0.2) is 0 Å². The molecule has 1 heterocycles. The van der Waals surface area contributed by atoms with Gasteiger partial charge in [-0.25, -0.2) is 0 Å². The Morgan fingerprint density at radius 3 is 2.44 bits per heavy atom. The van der Waals surface area contributed by atoms with Crippen LogP contribution >= 0.6 is 15.9 Å². The van der Waals surface area contributed by atoms with Crippen molar-refractivity contribution in [2.45, 2.75) is 6.18 Å². The van der Waals surface area contributed by atoms with Crippen molar-refractivity contribution in [3.05, 3.63) is 28.2 Å². The molecule has 0 atom stereocenters. The molecule has 0 radical (unpaired) electrons. The van der Waals surface area contributed by atoms with Gasteiger partial charge >= 0.3 is 6.18 Å². The molecule has 0 bridgehead atoms. The van der Waals surface area contributed by atoms with Gasteiger partial charge < -0.3 is 15.4 Å². The SMILES string of the molecule is Nc1cc(-c2cc(C(F)(F)F)cc(Br)c2O)no1. The number of benzene rings is 1. The molecule has 0 aliphatic carbocycles. The first-order valence-corrected chi connectivity index (χ1v) is 5.40. The van der Waals surface area contributed by atoms with Crippen molar-refractivity contribution < 1.29 is 22.8 Å². The summed E-state index contributed by atoms with van der Waals surface area (Å²) in [4.78, 5) is 0. The molecule has 0 saturated heterocycles. The van der Waals surface area contributed by atoms with Crippen molar-refractivity contribution in [3.8, 4) is 17.0 Å². The van der Waals surface area contributed by atoms with Gasteiger partial charge in [0.2, 0.25) is 5.88 Å². The van der Waals surface area contributed by atoms with E-state index in [1.807, 2.05) is 0 Å². The number of nitrogens with two attached hydrogens (primary N) is 1. The number of rotatable bonds is 1. The summed E-state index contributed by atoms with van der Waals surface area (Å²) >= 11 is 2.85. The maximum absolute atomic E-state index is 12.6. The number of hydrogen-bond donors (Lipinski definition) is 2. The van der Waals surface area contributed by atoms with E-state index in [4.69, 9.17) is 5.73 Å². The molecule has 0 aliphatic rings. The highest BCUT2D eigenvalue weighted by atomic mass is 79.9. The molecule has 0 aliphatic heterocycles. The summed E-state index contributed by atoms with van der Waals surface area (Å²) in [6, 6.07) is 2.78. The Labute approximate surface area is 107 Å². The summed E-state index contributed by atoms with van der Waals surface area (Å²) in [5.74, 6) is -0.422. The summed E-state index contributed by atoms with van der Waals surface area (Å²) in [7, 11) is 0. The highest BCUT2D eigenvalue weighted by Crippen LogP contribution is 2.41. The number of nitrogens with zero attached hydrogens (tertiary/aromatic N) is 1. The van der Waals surface area contributed by atoms with Crippen LogP contribution in [0.5, 0.6) is 5.75 Å². The number of nitrogen functional groups attached to an aromatic ring is 1. The maximum atomic E-state index is 12.6. The van der Waals surface area contributed by atoms with E-state index in [9.17, 15) is 18.3 Å².